The van der Waals surface area contributed by atoms with Gasteiger partial charge in [-0.3, -0.25) is 4.79 Å². The molecular formula is C15H19NO3S. The summed E-state index contributed by atoms with van der Waals surface area (Å²) in [5, 5.41) is 11.9. The van der Waals surface area contributed by atoms with E-state index in [0.717, 1.165) is 18.4 Å². The van der Waals surface area contributed by atoms with Crippen LogP contribution in [0.4, 0.5) is 0 Å². The monoisotopic (exact) mass is 293 g/mol. The average Bonchev–Trinajstić information content (AvgIpc) is 2.38. The molecular weight excluding hydrogens is 274 g/mol. The zero-order chi connectivity index (χ0) is 14.6. The van der Waals surface area contributed by atoms with Crippen LogP contribution >= 0.6 is 11.8 Å². The first kappa shape index (κ1) is 14.9. The maximum absolute atomic E-state index is 11.9. The van der Waals surface area contributed by atoms with Crippen molar-refractivity contribution in [3.05, 3.63) is 35.4 Å². The van der Waals surface area contributed by atoms with Gasteiger partial charge in [0, 0.05) is 11.3 Å². The quantitative estimate of drug-likeness (QED) is 0.845. The molecule has 5 heteroatoms. The third kappa shape index (κ3) is 3.54. The van der Waals surface area contributed by atoms with Crippen LogP contribution in [-0.4, -0.2) is 34.5 Å². The summed E-state index contributed by atoms with van der Waals surface area (Å²) >= 11 is 1.82. The molecule has 1 aromatic carbocycles. The SMILES string of the molecule is CSC1(CNC(=O)Cc2cccc(C(=O)O)c2)CCC1. The van der Waals surface area contributed by atoms with E-state index in [1.165, 1.54) is 12.5 Å². The summed E-state index contributed by atoms with van der Waals surface area (Å²) in [6.07, 6.45) is 5.86. The van der Waals surface area contributed by atoms with Crippen molar-refractivity contribution < 1.29 is 14.7 Å². The minimum absolute atomic E-state index is 0.0483. The lowest BCUT2D eigenvalue weighted by atomic mass is 9.84. The molecule has 1 aliphatic carbocycles. The van der Waals surface area contributed by atoms with E-state index in [-0.39, 0.29) is 22.6 Å². The zero-order valence-electron chi connectivity index (χ0n) is 11.5. The Morgan fingerprint density at radius 3 is 2.70 bits per heavy atom. The molecule has 1 aliphatic rings. The van der Waals surface area contributed by atoms with Crippen LogP contribution in [0.1, 0.15) is 35.2 Å². The molecule has 20 heavy (non-hydrogen) atoms. The van der Waals surface area contributed by atoms with E-state index in [1.807, 2.05) is 11.8 Å². The second-order valence-corrected chi connectivity index (χ2v) is 6.47. The van der Waals surface area contributed by atoms with E-state index in [2.05, 4.69) is 11.6 Å². The van der Waals surface area contributed by atoms with Crippen LogP contribution in [0.3, 0.4) is 0 Å². The van der Waals surface area contributed by atoms with Crippen LogP contribution in [0.25, 0.3) is 0 Å². The second kappa shape index (κ2) is 6.31. The average molecular weight is 293 g/mol. The first-order chi connectivity index (χ1) is 9.54. The maximum atomic E-state index is 11.9. The largest absolute Gasteiger partial charge is 0.478 e. The Labute approximate surface area is 123 Å². The molecule has 0 aromatic heterocycles. The summed E-state index contributed by atoms with van der Waals surface area (Å²) < 4.78 is 0.221. The Morgan fingerprint density at radius 1 is 1.40 bits per heavy atom. The van der Waals surface area contributed by atoms with Gasteiger partial charge in [0.25, 0.3) is 0 Å². The Kier molecular flexibility index (Phi) is 4.70. The van der Waals surface area contributed by atoms with E-state index in [0.29, 0.717) is 6.54 Å². The minimum atomic E-state index is -0.969. The highest BCUT2D eigenvalue weighted by Crippen LogP contribution is 2.42. The number of carbonyl (C=O) groups is 2. The highest BCUT2D eigenvalue weighted by molar-refractivity contribution is 8.00. The topological polar surface area (TPSA) is 66.4 Å². The summed E-state index contributed by atoms with van der Waals surface area (Å²) in [4.78, 5) is 22.8. The first-order valence-electron chi connectivity index (χ1n) is 6.69. The van der Waals surface area contributed by atoms with E-state index in [1.54, 1.807) is 18.2 Å². The molecule has 1 aromatic rings. The number of carbonyl (C=O) groups excluding carboxylic acids is 1. The predicted molar refractivity (Wildman–Crippen MR) is 80.2 cm³/mol. The van der Waals surface area contributed by atoms with E-state index in [9.17, 15) is 9.59 Å². The van der Waals surface area contributed by atoms with Crippen molar-refractivity contribution in [1.29, 1.82) is 0 Å². The van der Waals surface area contributed by atoms with Crippen molar-refractivity contribution >= 4 is 23.6 Å². The van der Waals surface area contributed by atoms with Crippen LogP contribution in [0.15, 0.2) is 24.3 Å². The summed E-state index contributed by atoms with van der Waals surface area (Å²) in [5.41, 5.74) is 0.948. The third-order valence-corrected chi connectivity index (χ3v) is 5.26. The van der Waals surface area contributed by atoms with Crippen molar-refractivity contribution in [2.24, 2.45) is 0 Å². The molecule has 0 radical (unpaired) electrons. The molecule has 0 unspecified atom stereocenters. The smallest absolute Gasteiger partial charge is 0.335 e. The fourth-order valence-corrected chi connectivity index (χ4v) is 3.26. The Hall–Kier alpha value is -1.49. The number of rotatable bonds is 6. The van der Waals surface area contributed by atoms with Gasteiger partial charge in [0.05, 0.1) is 12.0 Å². The summed E-state index contributed by atoms with van der Waals surface area (Å²) in [7, 11) is 0. The van der Waals surface area contributed by atoms with Gasteiger partial charge in [0.15, 0.2) is 0 Å². The van der Waals surface area contributed by atoms with Gasteiger partial charge in [0.2, 0.25) is 5.91 Å². The standard InChI is InChI=1S/C15H19NO3S/c1-20-15(6-3-7-15)10-16-13(17)9-11-4-2-5-12(8-11)14(18)19/h2,4-5,8H,3,6-7,9-10H2,1H3,(H,16,17)(H,18,19). The fraction of sp³-hybridized carbons (Fsp3) is 0.467. The molecule has 0 bridgehead atoms. The van der Waals surface area contributed by atoms with Crippen molar-refractivity contribution in [3.8, 4) is 0 Å². The molecule has 2 N–H and O–H groups in total. The number of thioether (sulfide) groups is 1. The Balaban J connectivity index is 1.88. The third-order valence-electron chi connectivity index (χ3n) is 3.84. The number of amides is 1. The van der Waals surface area contributed by atoms with Gasteiger partial charge < -0.3 is 10.4 Å². The van der Waals surface area contributed by atoms with Gasteiger partial charge in [-0.05, 0) is 36.8 Å². The van der Waals surface area contributed by atoms with Gasteiger partial charge in [-0.1, -0.05) is 18.6 Å². The molecule has 1 saturated carbocycles. The Morgan fingerprint density at radius 2 is 2.15 bits per heavy atom. The molecule has 108 valence electrons. The number of hydrogen-bond donors (Lipinski definition) is 2. The molecule has 0 atom stereocenters. The minimum Gasteiger partial charge on any atom is -0.478 e. The molecule has 0 saturated heterocycles. The summed E-state index contributed by atoms with van der Waals surface area (Å²) in [6.45, 7) is 0.700. The highest BCUT2D eigenvalue weighted by atomic mass is 32.2. The van der Waals surface area contributed by atoms with Crippen molar-refractivity contribution in [1.82, 2.24) is 5.32 Å². The van der Waals surface area contributed by atoms with Crippen molar-refractivity contribution in [2.45, 2.75) is 30.4 Å². The van der Waals surface area contributed by atoms with Gasteiger partial charge in [-0.15, -0.1) is 0 Å². The maximum Gasteiger partial charge on any atom is 0.335 e. The number of nitrogens with one attached hydrogen (secondary N) is 1. The molecule has 2 rings (SSSR count). The van der Waals surface area contributed by atoms with Crippen molar-refractivity contribution in [3.63, 3.8) is 0 Å². The van der Waals surface area contributed by atoms with Crippen LogP contribution in [-0.2, 0) is 11.2 Å². The molecule has 1 fully saturated rings. The van der Waals surface area contributed by atoms with E-state index < -0.39 is 5.97 Å². The normalized spacial score (nSPS) is 16.2. The summed E-state index contributed by atoms with van der Waals surface area (Å²) in [6, 6.07) is 6.53. The lowest BCUT2D eigenvalue weighted by molar-refractivity contribution is -0.120. The second-order valence-electron chi connectivity index (χ2n) is 5.20. The number of carboxylic acid groups (broad SMARTS) is 1. The van der Waals surface area contributed by atoms with Gasteiger partial charge in [-0.2, -0.15) is 11.8 Å². The summed E-state index contributed by atoms with van der Waals surface area (Å²) in [5.74, 6) is -1.02. The lowest BCUT2D eigenvalue weighted by Gasteiger charge is -2.40. The number of aromatic carboxylic acids is 1. The van der Waals surface area contributed by atoms with E-state index >= 15 is 0 Å². The lowest BCUT2D eigenvalue weighted by Crippen LogP contribution is -2.45. The van der Waals surface area contributed by atoms with Crippen molar-refractivity contribution in [2.75, 3.05) is 12.8 Å². The Bertz CT molecular complexity index is 506. The van der Waals surface area contributed by atoms with E-state index in [4.69, 9.17) is 5.11 Å². The molecule has 4 nitrogen and oxygen atoms in total. The molecule has 0 spiro atoms. The number of hydrogen-bond acceptors (Lipinski definition) is 3. The fourth-order valence-electron chi connectivity index (χ4n) is 2.35. The molecule has 0 heterocycles. The van der Waals surface area contributed by atoms with Crippen LogP contribution < -0.4 is 5.32 Å². The molecule has 1 amide bonds. The highest BCUT2D eigenvalue weighted by Gasteiger charge is 2.36. The first-order valence-corrected chi connectivity index (χ1v) is 7.91. The molecule has 0 aliphatic heterocycles. The predicted octanol–water partition coefficient (Wildman–Crippen LogP) is 2.33. The van der Waals surface area contributed by atoms with Gasteiger partial charge in [0.1, 0.15) is 0 Å². The number of carboxylic acids is 1. The van der Waals surface area contributed by atoms with Gasteiger partial charge >= 0.3 is 5.97 Å². The van der Waals surface area contributed by atoms with Gasteiger partial charge in [-0.25, -0.2) is 4.79 Å². The van der Waals surface area contributed by atoms with Crippen LogP contribution in [0.2, 0.25) is 0 Å². The number of benzene rings is 1. The van der Waals surface area contributed by atoms with Crippen LogP contribution in [0.5, 0.6) is 0 Å². The zero-order valence-corrected chi connectivity index (χ0v) is 12.3. The van der Waals surface area contributed by atoms with Crippen LogP contribution in [0, 0.1) is 0 Å².